The van der Waals surface area contributed by atoms with Crippen LogP contribution in [-0.4, -0.2) is 45.2 Å². The molecular weight excluding hydrogens is 373 g/mol. The Morgan fingerprint density at radius 1 is 1.23 bits per heavy atom. The van der Waals surface area contributed by atoms with Crippen molar-refractivity contribution >= 4 is 36.4 Å². The minimum Gasteiger partial charge on any atom is -0.495 e. The minimum absolute atomic E-state index is 0. The van der Waals surface area contributed by atoms with E-state index in [4.69, 9.17) is 4.74 Å². The van der Waals surface area contributed by atoms with Gasteiger partial charge in [0.25, 0.3) is 0 Å². The highest BCUT2D eigenvalue weighted by Crippen LogP contribution is 2.30. The molecule has 0 aromatic heterocycles. The number of ether oxygens (including phenoxy) is 1. The molecule has 1 atom stereocenters. The summed E-state index contributed by atoms with van der Waals surface area (Å²) in [6.45, 7) is 4.02. The number of piperidine rings is 1. The highest BCUT2D eigenvalue weighted by Gasteiger charge is 2.26. The molecular formula is C19H31Cl2N3O2. The molecule has 0 aliphatic carbocycles. The molecule has 2 N–H and O–H groups in total. The molecule has 2 aliphatic rings. The van der Waals surface area contributed by atoms with Gasteiger partial charge in [0.1, 0.15) is 5.75 Å². The Labute approximate surface area is 169 Å². The number of rotatable bonds is 6. The van der Waals surface area contributed by atoms with Gasteiger partial charge in [0, 0.05) is 25.6 Å². The zero-order valence-corrected chi connectivity index (χ0v) is 17.0. The van der Waals surface area contributed by atoms with Crippen LogP contribution in [-0.2, 0) is 4.79 Å². The van der Waals surface area contributed by atoms with E-state index in [9.17, 15) is 4.79 Å². The van der Waals surface area contributed by atoms with Crippen molar-refractivity contribution < 1.29 is 9.53 Å². The number of carbonyl (C=O) groups excluding carboxylic acids is 1. The third-order valence-corrected chi connectivity index (χ3v) is 5.22. The summed E-state index contributed by atoms with van der Waals surface area (Å²) >= 11 is 0. The van der Waals surface area contributed by atoms with Crippen LogP contribution in [0, 0.1) is 5.92 Å². The molecule has 0 saturated carbocycles. The van der Waals surface area contributed by atoms with Crippen LogP contribution in [0.2, 0.25) is 0 Å². The van der Waals surface area contributed by atoms with Gasteiger partial charge in [-0.1, -0.05) is 12.1 Å². The Morgan fingerprint density at radius 3 is 2.69 bits per heavy atom. The first-order chi connectivity index (χ1) is 11.8. The number of para-hydroxylation sites is 2. The Hall–Kier alpha value is -1.17. The molecule has 2 heterocycles. The lowest BCUT2D eigenvalue weighted by Gasteiger charge is -2.23. The summed E-state index contributed by atoms with van der Waals surface area (Å²) in [6.07, 6.45) is 5.10. The third kappa shape index (κ3) is 6.22. The Balaban J connectivity index is 0.00000169. The van der Waals surface area contributed by atoms with Crippen LogP contribution in [0.4, 0.5) is 5.69 Å². The van der Waals surface area contributed by atoms with Gasteiger partial charge in [0.15, 0.2) is 0 Å². The molecule has 2 aliphatic heterocycles. The Bertz CT molecular complexity index is 553. The number of benzene rings is 1. The third-order valence-electron chi connectivity index (χ3n) is 5.22. The largest absolute Gasteiger partial charge is 0.495 e. The summed E-state index contributed by atoms with van der Waals surface area (Å²) in [5.41, 5.74) is 1.12. The van der Waals surface area contributed by atoms with Crippen molar-refractivity contribution in [2.45, 2.75) is 38.1 Å². The maximum absolute atomic E-state index is 12.2. The molecule has 148 valence electrons. The van der Waals surface area contributed by atoms with Crippen LogP contribution >= 0.6 is 24.8 Å². The standard InChI is InChI=1S/C19H29N3O2.2ClH/c1-24-18-5-3-2-4-17(18)22-13-10-16(14-22)21-19(23)7-6-15-8-11-20-12-9-15;;/h2-5,15-16,20H,6-14H2,1H3,(H,21,23);2*1H. The molecule has 1 aromatic rings. The number of hydrogen-bond acceptors (Lipinski definition) is 4. The number of anilines is 1. The van der Waals surface area contributed by atoms with E-state index in [1.54, 1.807) is 7.11 Å². The Morgan fingerprint density at radius 2 is 1.96 bits per heavy atom. The summed E-state index contributed by atoms with van der Waals surface area (Å²) in [7, 11) is 1.70. The van der Waals surface area contributed by atoms with E-state index in [2.05, 4.69) is 21.6 Å². The van der Waals surface area contributed by atoms with Gasteiger partial charge >= 0.3 is 0 Å². The second kappa shape index (κ2) is 11.5. The van der Waals surface area contributed by atoms with Gasteiger partial charge in [-0.2, -0.15) is 0 Å². The number of amides is 1. The molecule has 0 radical (unpaired) electrons. The predicted molar refractivity (Wildman–Crippen MR) is 111 cm³/mol. The van der Waals surface area contributed by atoms with Gasteiger partial charge in [-0.3, -0.25) is 4.79 Å². The van der Waals surface area contributed by atoms with Gasteiger partial charge in [0.05, 0.1) is 12.8 Å². The van der Waals surface area contributed by atoms with Gasteiger partial charge in [-0.25, -0.2) is 0 Å². The molecule has 3 rings (SSSR count). The van der Waals surface area contributed by atoms with Crippen LogP contribution in [0.15, 0.2) is 24.3 Å². The number of halogens is 2. The van der Waals surface area contributed by atoms with Crippen molar-refractivity contribution in [2.24, 2.45) is 5.92 Å². The maximum Gasteiger partial charge on any atom is 0.220 e. The average molecular weight is 404 g/mol. The molecule has 26 heavy (non-hydrogen) atoms. The molecule has 1 unspecified atom stereocenters. The monoisotopic (exact) mass is 403 g/mol. The first-order valence-electron chi connectivity index (χ1n) is 9.14. The van der Waals surface area contributed by atoms with Crippen molar-refractivity contribution in [2.75, 3.05) is 38.2 Å². The molecule has 2 fully saturated rings. The number of nitrogens with zero attached hydrogens (tertiary/aromatic N) is 1. The molecule has 0 spiro atoms. The zero-order chi connectivity index (χ0) is 16.8. The van der Waals surface area contributed by atoms with E-state index in [-0.39, 0.29) is 36.8 Å². The quantitative estimate of drug-likeness (QED) is 0.766. The smallest absolute Gasteiger partial charge is 0.220 e. The van der Waals surface area contributed by atoms with E-state index < -0.39 is 0 Å². The minimum atomic E-state index is 0. The average Bonchev–Trinajstić information content (AvgIpc) is 3.09. The summed E-state index contributed by atoms with van der Waals surface area (Å²) in [5, 5.41) is 6.59. The lowest BCUT2D eigenvalue weighted by molar-refractivity contribution is -0.122. The second-order valence-corrected chi connectivity index (χ2v) is 6.90. The number of hydrogen-bond donors (Lipinski definition) is 2. The van der Waals surface area contributed by atoms with Gasteiger partial charge in [-0.05, 0) is 56.8 Å². The fourth-order valence-electron chi connectivity index (χ4n) is 3.79. The number of carbonyl (C=O) groups is 1. The topological polar surface area (TPSA) is 53.6 Å². The molecule has 2 saturated heterocycles. The molecule has 5 nitrogen and oxygen atoms in total. The predicted octanol–water partition coefficient (Wildman–Crippen LogP) is 3.01. The fraction of sp³-hybridized carbons (Fsp3) is 0.632. The summed E-state index contributed by atoms with van der Waals surface area (Å²) in [5.74, 6) is 1.82. The van der Waals surface area contributed by atoms with Crippen molar-refractivity contribution in [1.82, 2.24) is 10.6 Å². The Kier molecular flexibility index (Phi) is 10.1. The van der Waals surface area contributed by atoms with E-state index in [0.29, 0.717) is 12.3 Å². The lowest BCUT2D eigenvalue weighted by Crippen LogP contribution is -2.37. The van der Waals surface area contributed by atoms with Crippen molar-refractivity contribution in [3.63, 3.8) is 0 Å². The molecule has 1 amide bonds. The number of methoxy groups -OCH3 is 1. The summed E-state index contributed by atoms with van der Waals surface area (Å²) in [4.78, 5) is 14.5. The first kappa shape index (κ1) is 22.9. The molecule has 0 bridgehead atoms. The lowest BCUT2D eigenvalue weighted by atomic mass is 9.93. The van der Waals surface area contributed by atoms with Gasteiger partial charge in [0.2, 0.25) is 5.91 Å². The highest BCUT2D eigenvalue weighted by molar-refractivity contribution is 5.85. The highest BCUT2D eigenvalue weighted by atomic mass is 35.5. The van der Waals surface area contributed by atoms with Gasteiger partial charge in [-0.15, -0.1) is 24.8 Å². The fourth-order valence-corrected chi connectivity index (χ4v) is 3.79. The SMILES string of the molecule is COc1ccccc1N1CCC(NC(=O)CCC2CCNCC2)C1.Cl.Cl. The van der Waals surface area contributed by atoms with E-state index in [1.165, 1.54) is 12.8 Å². The van der Waals surface area contributed by atoms with Crippen LogP contribution in [0.3, 0.4) is 0 Å². The van der Waals surface area contributed by atoms with E-state index in [0.717, 1.165) is 50.5 Å². The first-order valence-corrected chi connectivity index (χ1v) is 9.14. The van der Waals surface area contributed by atoms with Crippen LogP contribution in [0.5, 0.6) is 5.75 Å². The summed E-state index contributed by atoms with van der Waals surface area (Å²) in [6, 6.07) is 8.33. The maximum atomic E-state index is 12.2. The van der Waals surface area contributed by atoms with Crippen LogP contribution in [0.25, 0.3) is 0 Å². The molecule has 7 heteroatoms. The van der Waals surface area contributed by atoms with E-state index in [1.807, 2.05) is 18.2 Å². The molecule has 1 aromatic carbocycles. The summed E-state index contributed by atoms with van der Waals surface area (Å²) < 4.78 is 5.45. The van der Waals surface area contributed by atoms with Crippen LogP contribution in [0.1, 0.15) is 32.1 Å². The van der Waals surface area contributed by atoms with Crippen molar-refractivity contribution in [1.29, 1.82) is 0 Å². The van der Waals surface area contributed by atoms with Gasteiger partial charge < -0.3 is 20.3 Å². The van der Waals surface area contributed by atoms with Crippen LogP contribution < -0.4 is 20.3 Å². The normalized spacial score (nSPS) is 20.0. The van der Waals surface area contributed by atoms with Crippen molar-refractivity contribution in [3.8, 4) is 5.75 Å². The van der Waals surface area contributed by atoms with Crippen molar-refractivity contribution in [3.05, 3.63) is 24.3 Å². The van der Waals surface area contributed by atoms with E-state index >= 15 is 0 Å². The second-order valence-electron chi connectivity index (χ2n) is 6.90. The number of nitrogens with one attached hydrogen (secondary N) is 2. The zero-order valence-electron chi connectivity index (χ0n) is 15.4.